The van der Waals surface area contributed by atoms with Crippen LogP contribution in [0.5, 0.6) is 0 Å². The van der Waals surface area contributed by atoms with Crippen LogP contribution >= 0.6 is 0 Å². The van der Waals surface area contributed by atoms with E-state index in [0.29, 0.717) is 19.4 Å². The maximum Gasteiger partial charge on any atom is 0.222 e. The smallest absolute Gasteiger partial charge is 0.222 e. The third-order valence-corrected chi connectivity index (χ3v) is 3.69. The van der Waals surface area contributed by atoms with Crippen molar-refractivity contribution in [3.63, 3.8) is 0 Å². The van der Waals surface area contributed by atoms with Crippen molar-refractivity contribution in [3.8, 4) is 11.8 Å². The average molecular weight is 285 g/mol. The van der Waals surface area contributed by atoms with Crippen LogP contribution in [0.25, 0.3) is 0 Å². The normalized spacial score (nSPS) is 15.9. The molecule has 1 saturated heterocycles. The van der Waals surface area contributed by atoms with Crippen molar-refractivity contribution < 1.29 is 9.90 Å². The molecule has 1 aliphatic rings. The average Bonchev–Trinajstić information content (AvgIpc) is 2.48. The maximum absolute atomic E-state index is 12.1. The van der Waals surface area contributed by atoms with Gasteiger partial charge in [-0.15, -0.1) is 0 Å². The van der Waals surface area contributed by atoms with Crippen molar-refractivity contribution in [2.24, 2.45) is 0 Å². The summed E-state index contributed by atoms with van der Waals surface area (Å²) >= 11 is 0. The largest absolute Gasteiger partial charge is 0.395 e. The molecule has 21 heavy (non-hydrogen) atoms. The predicted octanol–water partition coefficient (Wildman–Crippen LogP) is 2.71. The molecule has 1 heterocycles. The van der Waals surface area contributed by atoms with E-state index in [4.69, 9.17) is 5.11 Å². The number of likely N-dealkylation sites (tertiary alicyclic amines) is 1. The van der Waals surface area contributed by atoms with Gasteiger partial charge in [0, 0.05) is 31.5 Å². The fraction of sp³-hybridized carbons (Fsp3) is 0.500. The second kappa shape index (κ2) is 8.49. The van der Waals surface area contributed by atoms with E-state index in [1.807, 2.05) is 29.2 Å². The Morgan fingerprint density at radius 2 is 2.05 bits per heavy atom. The Kier molecular flexibility index (Phi) is 6.30. The van der Waals surface area contributed by atoms with Crippen LogP contribution in [0, 0.1) is 11.8 Å². The molecule has 0 aliphatic carbocycles. The third-order valence-electron chi connectivity index (χ3n) is 3.69. The molecule has 2 rings (SSSR count). The number of carbonyl (C=O) groups is 1. The Balaban J connectivity index is 2.02. The van der Waals surface area contributed by atoms with Gasteiger partial charge in [-0.05, 0) is 30.5 Å². The first kappa shape index (κ1) is 15.6. The van der Waals surface area contributed by atoms with Gasteiger partial charge in [-0.1, -0.05) is 36.8 Å². The minimum Gasteiger partial charge on any atom is -0.395 e. The molecule has 0 aromatic heterocycles. The molecule has 0 unspecified atom stereocenters. The molecular weight excluding hydrogens is 262 g/mol. The highest BCUT2D eigenvalue weighted by Crippen LogP contribution is 2.15. The topological polar surface area (TPSA) is 40.5 Å². The summed E-state index contributed by atoms with van der Waals surface area (Å²) in [5, 5.41) is 8.75. The second-order valence-corrected chi connectivity index (χ2v) is 5.46. The van der Waals surface area contributed by atoms with Crippen molar-refractivity contribution in [1.82, 2.24) is 4.90 Å². The number of rotatable bonds is 3. The molecule has 0 radical (unpaired) electrons. The zero-order chi connectivity index (χ0) is 14.9. The molecule has 1 N–H and O–H groups in total. The van der Waals surface area contributed by atoms with Crippen molar-refractivity contribution in [1.29, 1.82) is 0 Å². The molecule has 0 atom stereocenters. The van der Waals surface area contributed by atoms with E-state index in [-0.39, 0.29) is 12.5 Å². The molecular formula is C18H23NO2. The summed E-state index contributed by atoms with van der Waals surface area (Å²) in [6, 6.07) is 8.02. The first-order valence-corrected chi connectivity index (χ1v) is 7.76. The number of benzene rings is 1. The number of hydrogen-bond donors (Lipinski definition) is 1. The minimum atomic E-state index is 0.0922. The molecule has 3 nitrogen and oxygen atoms in total. The molecule has 112 valence electrons. The van der Waals surface area contributed by atoms with Crippen LogP contribution in [0.1, 0.15) is 49.7 Å². The summed E-state index contributed by atoms with van der Waals surface area (Å²) in [5.41, 5.74) is 2.07. The summed E-state index contributed by atoms with van der Waals surface area (Å²) in [6.45, 7) is 1.63. The zero-order valence-electron chi connectivity index (χ0n) is 12.5. The predicted molar refractivity (Wildman–Crippen MR) is 83.5 cm³/mol. The number of carbonyl (C=O) groups excluding carboxylic acids is 1. The molecule has 0 bridgehead atoms. The lowest BCUT2D eigenvalue weighted by molar-refractivity contribution is -0.132. The van der Waals surface area contributed by atoms with E-state index in [1.54, 1.807) is 0 Å². The fourth-order valence-corrected chi connectivity index (χ4v) is 2.57. The van der Waals surface area contributed by atoms with Gasteiger partial charge in [-0.25, -0.2) is 0 Å². The summed E-state index contributed by atoms with van der Waals surface area (Å²) < 4.78 is 0. The fourth-order valence-electron chi connectivity index (χ4n) is 2.57. The van der Waals surface area contributed by atoms with Crippen LogP contribution in [0.4, 0.5) is 0 Å². The van der Waals surface area contributed by atoms with Gasteiger partial charge in [0.15, 0.2) is 0 Å². The van der Waals surface area contributed by atoms with E-state index in [1.165, 1.54) is 12.8 Å². The summed E-state index contributed by atoms with van der Waals surface area (Å²) in [6.07, 6.45) is 5.68. The van der Waals surface area contributed by atoms with E-state index >= 15 is 0 Å². The number of aliphatic hydroxyl groups excluding tert-OH is 1. The number of aliphatic hydroxyl groups is 1. The number of nitrogens with zero attached hydrogens (tertiary/aromatic N) is 1. The van der Waals surface area contributed by atoms with Crippen LogP contribution in [-0.2, 0) is 11.3 Å². The van der Waals surface area contributed by atoms with Crippen molar-refractivity contribution >= 4 is 5.91 Å². The zero-order valence-corrected chi connectivity index (χ0v) is 12.5. The van der Waals surface area contributed by atoms with E-state index in [0.717, 1.165) is 30.5 Å². The van der Waals surface area contributed by atoms with E-state index in [9.17, 15) is 4.79 Å². The molecule has 1 amide bonds. The molecule has 0 saturated carbocycles. The second-order valence-electron chi connectivity index (χ2n) is 5.46. The highest BCUT2D eigenvalue weighted by Gasteiger charge is 2.15. The standard InChI is InChI=1S/C18H23NO2/c20-13-6-4-8-16-9-7-10-17(14-16)15-19-12-5-2-1-3-11-18(19)21/h7,9-10,14,20H,1-3,5-6,11-13,15H2. The monoisotopic (exact) mass is 285 g/mol. The van der Waals surface area contributed by atoms with Gasteiger partial charge in [-0.3, -0.25) is 4.79 Å². The number of amides is 1. The molecule has 1 aromatic rings. The van der Waals surface area contributed by atoms with Gasteiger partial charge in [0.2, 0.25) is 5.91 Å². The van der Waals surface area contributed by atoms with E-state index in [2.05, 4.69) is 11.8 Å². The van der Waals surface area contributed by atoms with Crippen molar-refractivity contribution in [2.45, 2.75) is 45.1 Å². The van der Waals surface area contributed by atoms with Crippen LogP contribution < -0.4 is 0 Å². The van der Waals surface area contributed by atoms with Gasteiger partial charge in [0.05, 0.1) is 6.61 Å². The Morgan fingerprint density at radius 1 is 1.19 bits per heavy atom. The Bertz CT molecular complexity index is 528. The first-order valence-electron chi connectivity index (χ1n) is 7.76. The summed E-state index contributed by atoms with van der Waals surface area (Å²) in [7, 11) is 0. The van der Waals surface area contributed by atoms with Crippen LogP contribution in [0.2, 0.25) is 0 Å². The highest BCUT2D eigenvalue weighted by atomic mass is 16.2. The SMILES string of the molecule is O=C1CCCCCCN1Cc1cccc(C#CCCO)c1. The first-order chi connectivity index (χ1) is 10.3. The van der Waals surface area contributed by atoms with Gasteiger partial charge >= 0.3 is 0 Å². The Morgan fingerprint density at radius 3 is 2.90 bits per heavy atom. The molecule has 1 fully saturated rings. The molecule has 3 heteroatoms. The van der Waals surface area contributed by atoms with Crippen LogP contribution in [-0.4, -0.2) is 29.1 Å². The number of hydrogen-bond acceptors (Lipinski definition) is 2. The lowest BCUT2D eigenvalue weighted by Gasteiger charge is -2.25. The van der Waals surface area contributed by atoms with Gasteiger partial charge in [-0.2, -0.15) is 0 Å². The summed E-state index contributed by atoms with van der Waals surface area (Å²) in [5.74, 6) is 6.24. The summed E-state index contributed by atoms with van der Waals surface area (Å²) in [4.78, 5) is 14.1. The van der Waals surface area contributed by atoms with Crippen LogP contribution in [0.15, 0.2) is 24.3 Å². The maximum atomic E-state index is 12.1. The lowest BCUT2D eigenvalue weighted by Crippen LogP contribution is -2.32. The minimum absolute atomic E-state index is 0.0922. The van der Waals surface area contributed by atoms with Crippen molar-refractivity contribution in [3.05, 3.63) is 35.4 Å². The molecule has 1 aliphatic heterocycles. The van der Waals surface area contributed by atoms with Gasteiger partial charge in [0.1, 0.15) is 0 Å². The van der Waals surface area contributed by atoms with Gasteiger partial charge < -0.3 is 10.0 Å². The Labute approximate surface area is 127 Å². The third kappa shape index (κ3) is 5.24. The Hall–Kier alpha value is -1.79. The van der Waals surface area contributed by atoms with E-state index < -0.39 is 0 Å². The quantitative estimate of drug-likeness (QED) is 0.868. The molecule has 0 spiro atoms. The molecule has 1 aromatic carbocycles. The van der Waals surface area contributed by atoms with Crippen molar-refractivity contribution in [2.75, 3.05) is 13.2 Å². The van der Waals surface area contributed by atoms with Gasteiger partial charge in [0.25, 0.3) is 0 Å². The lowest BCUT2D eigenvalue weighted by atomic mass is 10.1. The highest BCUT2D eigenvalue weighted by molar-refractivity contribution is 5.76. The van der Waals surface area contributed by atoms with Crippen LogP contribution in [0.3, 0.4) is 0 Å².